The van der Waals surface area contributed by atoms with Gasteiger partial charge in [-0.25, -0.2) is 0 Å². The highest BCUT2D eigenvalue weighted by Gasteiger charge is 2.50. The van der Waals surface area contributed by atoms with Crippen LogP contribution in [0, 0.1) is 0 Å². The highest BCUT2D eigenvalue weighted by molar-refractivity contribution is 7.86. The van der Waals surface area contributed by atoms with Crippen molar-refractivity contribution in [2.24, 2.45) is 0 Å². The van der Waals surface area contributed by atoms with Crippen LogP contribution in [0.1, 0.15) is 19.4 Å². The van der Waals surface area contributed by atoms with Crippen molar-refractivity contribution >= 4 is 10.1 Å². The number of benzene rings is 1. The summed E-state index contributed by atoms with van der Waals surface area (Å²) in [4.78, 5) is 0. The van der Waals surface area contributed by atoms with Crippen molar-refractivity contribution in [3.8, 4) is 11.5 Å². The maximum Gasteiger partial charge on any atom is 0.306 e. The predicted molar refractivity (Wildman–Crippen MR) is 69.1 cm³/mol. The van der Waals surface area contributed by atoms with Crippen molar-refractivity contribution in [3.05, 3.63) is 23.8 Å². The summed E-state index contributed by atoms with van der Waals surface area (Å²) >= 11 is 0. The van der Waals surface area contributed by atoms with E-state index in [1.54, 1.807) is 18.2 Å². The van der Waals surface area contributed by atoms with Crippen LogP contribution in [0.15, 0.2) is 18.2 Å². The summed E-state index contributed by atoms with van der Waals surface area (Å²) in [5.74, 6) is 1.08. The molecule has 19 heavy (non-hydrogen) atoms. The average Bonchev–Trinajstić information content (AvgIpc) is 3.05. The number of ether oxygens (including phenoxy) is 2. The first-order chi connectivity index (χ1) is 8.77. The molecule has 0 spiro atoms. The van der Waals surface area contributed by atoms with Gasteiger partial charge in [-0.3, -0.25) is 0 Å². The van der Waals surface area contributed by atoms with E-state index in [4.69, 9.17) is 13.7 Å². The lowest BCUT2D eigenvalue weighted by atomic mass is 9.80. The highest BCUT2D eigenvalue weighted by atomic mass is 32.2. The lowest BCUT2D eigenvalue weighted by molar-refractivity contribution is 0.127. The number of hydrogen-bond donors (Lipinski definition) is 0. The van der Waals surface area contributed by atoms with Crippen molar-refractivity contribution in [2.75, 3.05) is 12.9 Å². The molecule has 0 N–H and O–H groups in total. The Balaban J connectivity index is 1.96. The van der Waals surface area contributed by atoms with Crippen molar-refractivity contribution in [1.29, 1.82) is 0 Å². The van der Waals surface area contributed by atoms with Gasteiger partial charge in [0.2, 0.25) is 0 Å². The fraction of sp³-hybridized carbons (Fsp3) is 0.538. The number of fused-ring (bicyclic) bond motifs is 1. The van der Waals surface area contributed by atoms with Gasteiger partial charge < -0.3 is 13.7 Å². The van der Waals surface area contributed by atoms with Crippen LogP contribution in [0.3, 0.4) is 0 Å². The van der Waals surface area contributed by atoms with E-state index in [1.165, 1.54) is 0 Å². The molecule has 0 amide bonds. The lowest BCUT2D eigenvalue weighted by Crippen LogP contribution is -2.36. The van der Waals surface area contributed by atoms with Crippen molar-refractivity contribution in [2.45, 2.75) is 31.5 Å². The summed E-state index contributed by atoms with van der Waals surface area (Å²) in [5.41, 5.74) is 0.724. The first-order valence-corrected chi connectivity index (χ1v) is 7.91. The van der Waals surface area contributed by atoms with Gasteiger partial charge in [-0.1, -0.05) is 13.8 Å². The summed E-state index contributed by atoms with van der Waals surface area (Å²) in [6, 6.07) is 5.09. The first kappa shape index (κ1) is 12.7. The molecule has 0 bridgehead atoms. The SMILES string of the molecule is CC1(C)c2cc(OS(C)(=O)=O)ccc2OC1C1CO1. The summed E-state index contributed by atoms with van der Waals surface area (Å²) < 4.78 is 38.5. The second-order valence-corrected chi connectivity index (χ2v) is 7.15. The molecule has 0 aliphatic carbocycles. The number of epoxide rings is 1. The Morgan fingerprint density at radius 2 is 2.05 bits per heavy atom. The van der Waals surface area contributed by atoms with Crippen molar-refractivity contribution in [1.82, 2.24) is 0 Å². The van der Waals surface area contributed by atoms with Crippen LogP contribution in [-0.4, -0.2) is 33.5 Å². The molecule has 6 heteroatoms. The first-order valence-electron chi connectivity index (χ1n) is 6.09. The monoisotopic (exact) mass is 284 g/mol. The maximum absolute atomic E-state index is 11.2. The maximum atomic E-state index is 11.2. The minimum atomic E-state index is -3.51. The molecular weight excluding hydrogens is 268 g/mol. The van der Waals surface area contributed by atoms with Crippen LogP contribution in [-0.2, 0) is 20.3 Å². The lowest BCUT2D eigenvalue weighted by Gasteiger charge is -2.24. The Labute approximate surface area is 112 Å². The van der Waals surface area contributed by atoms with Gasteiger partial charge in [-0.15, -0.1) is 0 Å². The number of hydrogen-bond acceptors (Lipinski definition) is 5. The van der Waals surface area contributed by atoms with E-state index in [1.807, 2.05) is 0 Å². The molecule has 1 saturated heterocycles. The number of rotatable bonds is 3. The predicted octanol–water partition coefficient (Wildman–Crippen LogP) is 1.46. The molecule has 2 unspecified atom stereocenters. The third kappa shape index (κ3) is 2.30. The molecule has 5 nitrogen and oxygen atoms in total. The molecule has 2 aliphatic heterocycles. The van der Waals surface area contributed by atoms with Crippen LogP contribution >= 0.6 is 0 Å². The Kier molecular flexibility index (Phi) is 2.59. The van der Waals surface area contributed by atoms with E-state index in [0.717, 1.165) is 24.2 Å². The summed E-state index contributed by atoms with van der Waals surface area (Å²) in [6.45, 7) is 4.85. The van der Waals surface area contributed by atoms with Gasteiger partial charge in [0.05, 0.1) is 12.9 Å². The largest absolute Gasteiger partial charge is 0.486 e. The smallest absolute Gasteiger partial charge is 0.306 e. The quantitative estimate of drug-likeness (QED) is 0.621. The van der Waals surface area contributed by atoms with Gasteiger partial charge in [-0.05, 0) is 18.2 Å². The van der Waals surface area contributed by atoms with Gasteiger partial charge in [0, 0.05) is 11.0 Å². The zero-order valence-electron chi connectivity index (χ0n) is 11.0. The Hall–Kier alpha value is -1.27. The minimum Gasteiger partial charge on any atom is -0.486 e. The molecule has 2 aliphatic rings. The van der Waals surface area contributed by atoms with Crippen LogP contribution in [0.4, 0.5) is 0 Å². The van der Waals surface area contributed by atoms with Crippen LogP contribution < -0.4 is 8.92 Å². The molecule has 104 valence electrons. The summed E-state index contributed by atoms with van der Waals surface area (Å²) in [5, 5.41) is 0. The van der Waals surface area contributed by atoms with Crippen LogP contribution in [0.5, 0.6) is 11.5 Å². The average molecular weight is 284 g/mol. The zero-order valence-corrected chi connectivity index (χ0v) is 11.9. The van der Waals surface area contributed by atoms with Gasteiger partial charge in [-0.2, -0.15) is 8.42 Å². The second-order valence-electron chi connectivity index (χ2n) is 5.58. The summed E-state index contributed by atoms with van der Waals surface area (Å²) in [6.07, 6.45) is 1.13. The third-order valence-electron chi connectivity index (χ3n) is 3.55. The van der Waals surface area contributed by atoms with Crippen LogP contribution in [0.25, 0.3) is 0 Å². The fourth-order valence-electron chi connectivity index (χ4n) is 2.55. The molecule has 0 radical (unpaired) electrons. The van der Waals surface area contributed by atoms with Gasteiger partial charge >= 0.3 is 10.1 Å². The van der Waals surface area contributed by atoms with Crippen LogP contribution in [0.2, 0.25) is 0 Å². The zero-order chi connectivity index (χ0) is 13.8. The van der Waals surface area contributed by atoms with Crippen molar-refractivity contribution < 1.29 is 22.1 Å². The standard InChI is InChI=1S/C13H16O5S/c1-13(2)9-6-8(18-19(3,14)15)4-5-10(9)17-12(13)11-7-16-11/h4-6,11-12H,7H2,1-3H3. The van der Waals surface area contributed by atoms with E-state index in [9.17, 15) is 8.42 Å². The molecule has 0 aromatic heterocycles. The van der Waals surface area contributed by atoms with Crippen molar-refractivity contribution in [3.63, 3.8) is 0 Å². The molecular formula is C13H16O5S. The molecule has 3 rings (SSSR count). The van der Waals surface area contributed by atoms with E-state index >= 15 is 0 Å². The Morgan fingerprint density at radius 3 is 2.63 bits per heavy atom. The summed E-state index contributed by atoms with van der Waals surface area (Å²) in [7, 11) is -3.51. The molecule has 1 aromatic carbocycles. The molecule has 0 saturated carbocycles. The van der Waals surface area contributed by atoms with Gasteiger partial charge in [0.15, 0.2) is 0 Å². The molecule has 2 atom stereocenters. The third-order valence-corrected chi connectivity index (χ3v) is 4.05. The molecule has 1 aromatic rings. The van der Waals surface area contributed by atoms with E-state index in [0.29, 0.717) is 5.75 Å². The van der Waals surface area contributed by atoms with Gasteiger partial charge in [0.25, 0.3) is 0 Å². The van der Waals surface area contributed by atoms with E-state index in [-0.39, 0.29) is 17.6 Å². The normalized spacial score (nSPS) is 27.5. The van der Waals surface area contributed by atoms with E-state index < -0.39 is 10.1 Å². The molecule has 1 fully saturated rings. The highest BCUT2D eigenvalue weighted by Crippen LogP contribution is 2.47. The molecule has 2 heterocycles. The minimum absolute atomic E-state index is 0.0315. The topological polar surface area (TPSA) is 65.1 Å². The Bertz CT molecular complexity index is 616. The Morgan fingerprint density at radius 1 is 1.37 bits per heavy atom. The van der Waals surface area contributed by atoms with E-state index in [2.05, 4.69) is 13.8 Å². The van der Waals surface area contributed by atoms with Gasteiger partial charge in [0.1, 0.15) is 23.7 Å². The fourth-order valence-corrected chi connectivity index (χ4v) is 3.00. The second kappa shape index (κ2) is 3.86.